The first-order valence-corrected chi connectivity index (χ1v) is 8.11. The molecule has 8 heteroatoms. The molecule has 0 aliphatic carbocycles. The molecule has 8 nitrogen and oxygen atoms in total. The lowest BCUT2D eigenvalue weighted by molar-refractivity contribution is 0.0600. The largest absolute Gasteiger partial charge is 0.465 e. The normalized spacial score (nSPS) is 11.4. The van der Waals surface area contributed by atoms with Crippen molar-refractivity contribution in [2.45, 2.75) is 13.1 Å². The van der Waals surface area contributed by atoms with Gasteiger partial charge >= 0.3 is 5.97 Å². The number of rotatable bonds is 5. The highest BCUT2D eigenvalue weighted by molar-refractivity contribution is 5.89. The van der Waals surface area contributed by atoms with Gasteiger partial charge in [0.15, 0.2) is 17.4 Å². The van der Waals surface area contributed by atoms with Crippen molar-refractivity contribution in [2.24, 2.45) is 4.99 Å². The molecular formula is C18H20N6O2. The van der Waals surface area contributed by atoms with E-state index in [-0.39, 0.29) is 5.97 Å². The summed E-state index contributed by atoms with van der Waals surface area (Å²) in [6.07, 6.45) is 1.92. The number of hydrogen-bond donors (Lipinski definition) is 2. The van der Waals surface area contributed by atoms with Gasteiger partial charge in [-0.2, -0.15) is 0 Å². The molecular weight excluding hydrogens is 332 g/mol. The zero-order chi connectivity index (χ0) is 18.4. The Morgan fingerprint density at radius 2 is 1.88 bits per heavy atom. The van der Waals surface area contributed by atoms with Crippen LogP contribution in [0.4, 0.5) is 0 Å². The second-order valence-electron chi connectivity index (χ2n) is 5.51. The third kappa shape index (κ3) is 3.97. The maximum absolute atomic E-state index is 11.4. The van der Waals surface area contributed by atoms with Gasteiger partial charge in [0.1, 0.15) is 0 Å². The van der Waals surface area contributed by atoms with Crippen LogP contribution in [0.3, 0.4) is 0 Å². The number of nitrogens with one attached hydrogen (secondary N) is 2. The summed E-state index contributed by atoms with van der Waals surface area (Å²) in [5.41, 5.74) is 2.35. The predicted octanol–water partition coefficient (Wildman–Crippen LogP) is 1.38. The molecule has 3 rings (SSSR count). The minimum absolute atomic E-state index is 0.345. The number of carbonyl (C=O) groups is 1. The minimum Gasteiger partial charge on any atom is -0.465 e. The van der Waals surface area contributed by atoms with Crippen LogP contribution < -0.4 is 10.6 Å². The Morgan fingerprint density at radius 3 is 2.62 bits per heavy atom. The van der Waals surface area contributed by atoms with Gasteiger partial charge < -0.3 is 15.4 Å². The number of guanidine groups is 1. The number of ether oxygens (including phenoxy) is 1. The van der Waals surface area contributed by atoms with Crippen LogP contribution in [0.15, 0.2) is 53.7 Å². The first-order valence-electron chi connectivity index (χ1n) is 8.11. The first kappa shape index (κ1) is 17.4. The van der Waals surface area contributed by atoms with E-state index in [1.54, 1.807) is 19.2 Å². The van der Waals surface area contributed by atoms with E-state index in [9.17, 15) is 4.79 Å². The molecule has 0 aliphatic rings. The fourth-order valence-corrected chi connectivity index (χ4v) is 2.46. The topological polar surface area (TPSA) is 92.9 Å². The number of methoxy groups -OCH3 is 1. The second kappa shape index (κ2) is 8.11. The van der Waals surface area contributed by atoms with Gasteiger partial charge in [0.05, 0.1) is 19.2 Å². The summed E-state index contributed by atoms with van der Waals surface area (Å²) < 4.78 is 6.62. The molecule has 134 valence electrons. The molecule has 0 spiro atoms. The third-order valence-corrected chi connectivity index (χ3v) is 3.86. The van der Waals surface area contributed by atoms with E-state index in [2.05, 4.69) is 25.8 Å². The smallest absolute Gasteiger partial charge is 0.337 e. The lowest BCUT2D eigenvalue weighted by Gasteiger charge is -2.11. The molecule has 3 aromatic rings. The van der Waals surface area contributed by atoms with Gasteiger partial charge in [-0.3, -0.25) is 9.39 Å². The molecule has 26 heavy (non-hydrogen) atoms. The first-order chi connectivity index (χ1) is 12.7. The molecule has 0 aliphatic heterocycles. The van der Waals surface area contributed by atoms with Crippen molar-refractivity contribution in [3.8, 4) is 0 Å². The van der Waals surface area contributed by atoms with Crippen LogP contribution in [-0.2, 0) is 17.8 Å². The number of benzene rings is 1. The monoisotopic (exact) mass is 352 g/mol. The Kier molecular flexibility index (Phi) is 5.43. The van der Waals surface area contributed by atoms with Gasteiger partial charge in [0.2, 0.25) is 0 Å². The van der Waals surface area contributed by atoms with E-state index in [1.165, 1.54) is 7.11 Å². The van der Waals surface area contributed by atoms with Crippen molar-refractivity contribution in [1.82, 2.24) is 25.2 Å². The minimum atomic E-state index is -0.345. The second-order valence-corrected chi connectivity index (χ2v) is 5.51. The van der Waals surface area contributed by atoms with E-state index in [1.807, 2.05) is 40.9 Å². The number of aliphatic imine (C=N–C) groups is 1. The zero-order valence-corrected chi connectivity index (χ0v) is 14.6. The molecule has 0 unspecified atom stereocenters. The fourth-order valence-electron chi connectivity index (χ4n) is 2.46. The Balaban J connectivity index is 1.56. The molecule has 0 saturated carbocycles. The maximum atomic E-state index is 11.4. The quantitative estimate of drug-likeness (QED) is 0.409. The molecule has 2 aromatic heterocycles. The van der Waals surface area contributed by atoms with E-state index in [4.69, 9.17) is 4.74 Å². The van der Waals surface area contributed by atoms with Crippen LogP contribution in [0.5, 0.6) is 0 Å². The summed E-state index contributed by atoms with van der Waals surface area (Å²) >= 11 is 0. The summed E-state index contributed by atoms with van der Waals surface area (Å²) in [5.74, 6) is 1.10. The van der Waals surface area contributed by atoms with Gasteiger partial charge in [-0.05, 0) is 29.8 Å². The van der Waals surface area contributed by atoms with Gasteiger partial charge in [-0.1, -0.05) is 18.2 Å². The van der Waals surface area contributed by atoms with Gasteiger partial charge in [-0.25, -0.2) is 4.79 Å². The molecule has 0 saturated heterocycles. The maximum Gasteiger partial charge on any atom is 0.337 e. The summed E-state index contributed by atoms with van der Waals surface area (Å²) in [5, 5.41) is 14.7. The highest BCUT2D eigenvalue weighted by Gasteiger charge is 2.07. The molecule has 0 radical (unpaired) electrons. The lowest BCUT2D eigenvalue weighted by Crippen LogP contribution is -2.36. The van der Waals surface area contributed by atoms with Crippen LogP contribution in [0.2, 0.25) is 0 Å². The fraction of sp³-hybridized carbons (Fsp3) is 0.222. The van der Waals surface area contributed by atoms with Gasteiger partial charge in [-0.15, -0.1) is 10.2 Å². The number of carbonyl (C=O) groups excluding carboxylic acids is 1. The van der Waals surface area contributed by atoms with Crippen LogP contribution >= 0.6 is 0 Å². The Hall–Kier alpha value is -3.42. The van der Waals surface area contributed by atoms with Gasteiger partial charge in [0.25, 0.3) is 0 Å². The number of nitrogens with zero attached hydrogens (tertiary/aromatic N) is 4. The highest BCUT2D eigenvalue weighted by atomic mass is 16.5. The van der Waals surface area contributed by atoms with Gasteiger partial charge in [0, 0.05) is 19.8 Å². The van der Waals surface area contributed by atoms with E-state index in [0.29, 0.717) is 24.6 Å². The molecule has 0 amide bonds. The van der Waals surface area contributed by atoms with Crippen molar-refractivity contribution in [3.05, 3.63) is 65.6 Å². The molecule has 0 atom stereocenters. The molecule has 0 fully saturated rings. The SMILES string of the molecule is CN=C(NCc1ccc(C(=O)OC)cc1)NCc1nnc2ccccn12. The zero-order valence-electron chi connectivity index (χ0n) is 14.6. The van der Waals surface area contributed by atoms with E-state index < -0.39 is 0 Å². The average Bonchev–Trinajstić information content (AvgIpc) is 3.11. The number of esters is 1. The molecule has 2 heterocycles. The Morgan fingerprint density at radius 1 is 1.12 bits per heavy atom. The van der Waals surface area contributed by atoms with E-state index in [0.717, 1.165) is 17.0 Å². The lowest BCUT2D eigenvalue weighted by atomic mass is 10.1. The number of hydrogen-bond acceptors (Lipinski definition) is 5. The highest BCUT2D eigenvalue weighted by Crippen LogP contribution is 2.06. The van der Waals surface area contributed by atoms with Crippen molar-refractivity contribution in [1.29, 1.82) is 0 Å². The van der Waals surface area contributed by atoms with Crippen LogP contribution in [0.25, 0.3) is 5.65 Å². The molecule has 0 bridgehead atoms. The summed E-state index contributed by atoms with van der Waals surface area (Å²) in [4.78, 5) is 15.7. The summed E-state index contributed by atoms with van der Waals surface area (Å²) in [7, 11) is 3.07. The molecule has 2 N–H and O–H groups in total. The number of pyridine rings is 1. The Labute approximate surface area is 150 Å². The molecule has 1 aromatic carbocycles. The van der Waals surface area contributed by atoms with E-state index >= 15 is 0 Å². The van der Waals surface area contributed by atoms with Crippen molar-refractivity contribution >= 4 is 17.6 Å². The summed E-state index contributed by atoms with van der Waals surface area (Å²) in [6.45, 7) is 1.06. The average molecular weight is 352 g/mol. The third-order valence-electron chi connectivity index (χ3n) is 3.86. The van der Waals surface area contributed by atoms with Crippen LogP contribution in [0.1, 0.15) is 21.7 Å². The van der Waals surface area contributed by atoms with Crippen molar-refractivity contribution in [2.75, 3.05) is 14.2 Å². The number of fused-ring (bicyclic) bond motifs is 1. The van der Waals surface area contributed by atoms with Crippen LogP contribution in [0, 0.1) is 0 Å². The number of aromatic nitrogens is 3. The van der Waals surface area contributed by atoms with Crippen molar-refractivity contribution in [3.63, 3.8) is 0 Å². The van der Waals surface area contributed by atoms with Crippen molar-refractivity contribution < 1.29 is 9.53 Å². The van der Waals surface area contributed by atoms with Crippen LogP contribution in [-0.4, -0.2) is 40.7 Å². The predicted molar refractivity (Wildman–Crippen MR) is 97.8 cm³/mol. The summed E-state index contributed by atoms with van der Waals surface area (Å²) in [6, 6.07) is 13.0. The standard InChI is InChI=1S/C18H20N6O2/c1-19-18(20-11-13-6-8-14(9-7-13)17(25)26-2)21-12-16-23-22-15-5-3-4-10-24(15)16/h3-10H,11-12H2,1-2H3,(H2,19,20,21). The Bertz CT molecular complexity index is 917.